The lowest BCUT2D eigenvalue weighted by molar-refractivity contribution is -0.130. The summed E-state index contributed by atoms with van der Waals surface area (Å²) in [5, 5.41) is 12.6. The Hall–Kier alpha value is -1.14. The van der Waals surface area contributed by atoms with Gasteiger partial charge in [-0.25, -0.2) is 4.79 Å². The Morgan fingerprint density at radius 1 is 1.32 bits per heavy atom. The van der Waals surface area contributed by atoms with Gasteiger partial charge in [-0.05, 0) is 26.7 Å². The largest absolute Gasteiger partial charge is 0.391 e. The van der Waals surface area contributed by atoms with E-state index >= 15 is 0 Å². The van der Waals surface area contributed by atoms with E-state index in [0.717, 1.165) is 19.4 Å². The zero-order valence-corrected chi connectivity index (χ0v) is 11.5. The van der Waals surface area contributed by atoms with Crippen molar-refractivity contribution in [1.29, 1.82) is 0 Å². The highest BCUT2D eigenvalue weighted by Gasteiger charge is 2.54. The van der Waals surface area contributed by atoms with E-state index in [1.54, 1.807) is 13.8 Å². The van der Waals surface area contributed by atoms with E-state index in [9.17, 15) is 14.7 Å². The molecule has 2 aliphatic heterocycles. The molecule has 0 aromatic carbocycles. The topological polar surface area (TPSA) is 72.9 Å². The summed E-state index contributed by atoms with van der Waals surface area (Å²) in [5.74, 6) is -0.168. The van der Waals surface area contributed by atoms with Gasteiger partial charge >= 0.3 is 6.03 Å². The van der Waals surface area contributed by atoms with Crippen molar-refractivity contribution in [3.8, 4) is 0 Å². The SMILES string of the molecule is CC1(C)NC(=O)N(CCN2CC(O)C3(CC3)C2)C1=O. The first kappa shape index (κ1) is 12.9. The molecule has 1 spiro atoms. The van der Waals surface area contributed by atoms with Gasteiger partial charge in [-0.3, -0.25) is 14.6 Å². The van der Waals surface area contributed by atoms with Crippen molar-refractivity contribution in [2.75, 3.05) is 26.2 Å². The van der Waals surface area contributed by atoms with Crippen molar-refractivity contribution in [1.82, 2.24) is 15.1 Å². The second-order valence-corrected chi connectivity index (χ2v) is 6.63. The summed E-state index contributed by atoms with van der Waals surface area (Å²) in [7, 11) is 0. The van der Waals surface area contributed by atoms with E-state index in [1.165, 1.54) is 4.90 Å². The van der Waals surface area contributed by atoms with Crippen LogP contribution in [0.2, 0.25) is 0 Å². The monoisotopic (exact) mass is 267 g/mol. The molecule has 0 radical (unpaired) electrons. The van der Waals surface area contributed by atoms with Crippen molar-refractivity contribution in [3.05, 3.63) is 0 Å². The van der Waals surface area contributed by atoms with Gasteiger partial charge in [-0.1, -0.05) is 0 Å². The molecule has 3 amide bonds. The third-order valence-corrected chi connectivity index (χ3v) is 4.65. The molecule has 106 valence electrons. The van der Waals surface area contributed by atoms with E-state index in [-0.39, 0.29) is 23.5 Å². The van der Waals surface area contributed by atoms with Gasteiger partial charge in [0.05, 0.1) is 6.10 Å². The third-order valence-electron chi connectivity index (χ3n) is 4.65. The summed E-state index contributed by atoms with van der Waals surface area (Å²) >= 11 is 0. The van der Waals surface area contributed by atoms with Gasteiger partial charge in [0.1, 0.15) is 5.54 Å². The predicted molar refractivity (Wildman–Crippen MR) is 68.4 cm³/mol. The highest BCUT2D eigenvalue weighted by Crippen LogP contribution is 2.52. The Kier molecular flexibility index (Phi) is 2.66. The van der Waals surface area contributed by atoms with E-state index in [4.69, 9.17) is 0 Å². The van der Waals surface area contributed by atoms with Crippen molar-refractivity contribution < 1.29 is 14.7 Å². The number of likely N-dealkylation sites (tertiary alicyclic amines) is 1. The van der Waals surface area contributed by atoms with Crippen molar-refractivity contribution in [3.63, 3.8) is 0 Å². The number of aliphatic hydroxyl groups excluding tert-OH is 1. The van der Waals surface area contributed by atoms with Crippen LogP contribution in [0.5, 0.6) is 0 Å². The quantitative estimate of drug-likeness (QED) is 0.693. The molecule has 0 bridgehead atoms. The summed E-state index contributed by atoms with van der Waals surface area (Å²) in [4.78, 5) is 27.2. The van der Waals surface area contributed by atoms with Gasteiger partial charge in [0.2, 0.25) is 0 Å². The average Bonchev–Trinajstić information content (AvgIpc) is 2.96. The van der Waals surface area contributed by atoms with Crippen LogP contribution < -0.4 is 5.32 Å². The summed E-state index contributed by atoms with van der Waals surface area (Å²) in [6.07, 6.45) is 1.95. The number of amides is 3. The first-order valence-electron chi connectivity index (χ1n) is 6.89. The average molecular weight is 267 g/mol. The van der Waals surface area contributed by atoms with E-state index in [2.05, 4.69) is 10.2 Å². The zero-order valence-electron chi connectivity index (χ0n) is 11.5. The number of urea groups is 1. The molecule has 0 aromatic rings. The van der Waals surface area contributed by atoms with Crippen LogP contribution >= 0.6 is 0 Å². The molecule has 19 heavy (non-hydrogen) atoms. The molecular formula is C13H21N3O3. The number of imide groups is 1. The Morgan fingerprint density at radius 2 is 2.00 bits per heavy atom. The number of carbonyl (C=O) groups excluding carboxylic acids is 2. The van der Waals surface area contributed by atoms with Gasteiger partial charge in [0.25, 0.3) is 5.91 Å². The summed E-state index contributed by atoms with van der Waals surface area (Å²) in [6.45, 7) is 6.03. The molecule has 6 heteroatoms. The smallest absolute Gasteiger partial charge is 0.325 e. The molecule has 2 saturated heterocycles. The number of carbonyl (C=O) groups is 2. The van der Waals surface area contributed by atoms with Crippen molar-refractivity contribution >= 4 is 11.9 Å². The van der Waals surface area contributed by atoms with Crippen LogP contribution in [0, 0.1) is 5.41 Å². The molecule has 3 rings (SSSR count). The van der Waals surface area contributed by atoms with Gasteiger partial charge < -0.3 is 10.4 Å². The number of hydrogen-bond donors (Lipinski definition) is 2. The first-order valence-corrected chi connectivity index (χ1v) is 6.89. The summed E-state index contributed by atoms with van der Waals surface area (Å²) < 4.78 is 0. The fourth-order valence-electron chi connectivity index (χ4n) is 3.14. The van der Waals surface area contributed by atoms with Crippen LogP contribution in [0.25, 0.3) is 0 Å². The predicted octanol–water partition coefficient (Wildman–Crippen LogP) is -0.226. The van der Waals surface area contributed by atoms with Gasteiger partial charge in [0.15, 0.2) is 0 Å². The minimum absolute atomic E-state index is 0.122. The molecule has 1 unspecified atom stereocenters. The summed E-state index contributed by atoms with van der Waals surface area (Å²) in [5.41, 5.74) is -0.671. The molecule has 6 nitrogen and oxygen atoms in total. The number of β-amino-alcohol motifs (C(OH)–C–C–N with tert-alkyl or cyclic N) is 1. The molecule has 0 aromatic heterocycles. The third kappa shape index (κ3) is 2.03. The van der Waals surface area contributed by atoms with Crippen LogP contribution in [0.4, 0.5) is 4.79 Å². The number of nitrogens with zero attached hydrogens (tertiary/aromatic N) is 2. The lowest BCUT2D eigenvalue weighted by Gasteiger charge is -2.20. The molecule has 3 aliphatic rings. The van der Waals surface area contributed by atoms with Gasteiger partial charge in [0, 0.05) is 31.6 Å². The normalized spacial score (nSPS) is 32.2. The minimum Gasteiger partial charge on any atom is -0.391 e. The Morgan fingerprint density at radius 3 is 2.47 bits per heavy atom. The van der Waals surface area contributed by atoms with Crippen LogP contribution in [-0.2, 0) is 4.79 Å². The van der Waals surface area contributed by atoms with Crippen molar-refractivity contribution in [2.45, 2.75) is 38.3 Å². The highest BCUT2D eigenvalue weighted by atomic mass is 16.3. The maximum Gasteiger partial charge on any atom is 0.325 e. The van der Waals surface area contributed by atoms with Gasteiger partial charge in [-0.15, -0.1) is 0 Å². The maximum absolute atomic E-state index is 12.0. The number of nitrogens with one attached hydrogen (secondary N) is 1. The lowest BCUT2D eigenvalue weighted by atomic mass is 10.0. The second kappa shape index (κ2) is 3.93. The molecule has 3 fully saturated rings. The van der Waals surface area contributed by atoms with E-state index in [0.29, 0.717) is 19.6 Å². The van der Waals surface area contributed by atoms with Crippen LogP contribution in [0.1, 0.15) is 26.7 Å². The highest BCUT2D eigenvalue weighted by molar-refractivity contribution is 6.06. The molecule has 1 atom stereocenters. The van der Waals surface area contributed by atoms with Crippen LogP contribution in [0.15, 0.2) is 0 Å². The molecule has 1 aliphatic carbocycles. The van der Waals surface area contributed by atoms with E-state index in [1.807, 2.05) is 0 Å². The molecule has 1 saturated carbocycles. The summed E-state index contributed by atoms with van der Waals surface area (Å²) in [6, 6.07) is -0.309. The Balaban J connectivity index is 1.56. The number of hydrogen-bond acceptors (Lipinski definition) is 4. The zero-order chi connectivity index (χ0) is 13.8. The second-order valence-electron chi connectivity index (χ2n) is 6.63. The molecular weight excluding hydrogens is 246 g/mol. The van der Waals surface area contributed by atoms with Crippen LogP contribution in [0.3, 0.4) is 0 Å². The van der Waals surface area contributed by atoms with Gasteiger partial charge in [-0.2, -0.15) is 0 Å². The van der Waals surface area contributed by atoms with E-state index < -0.39 is 5.54 Å². The Labute approximate surface area is 112 Å². The first-order chi connectivity index (χ1) is 8.84. The standard InChI is InChI=1S/C13H21N3O3/c1-12(2)10(18)16(11(19)14-12)6-5-15-7-9(17)13(8-15)3-4-13/h9,17H,3-8H2,1-2H3,(H,14,19). The Bertz CT molecular complexity index is 431. The minimum atomic E-state index is -0.792. The molecule has 2 heterocycles. The fourth-order valence-corrected chi connectivity index (χ4v) is 3.14. The lowest BCUT2D eigenvalue weighted by Crippen LogP contribution is -2.41. The van der Waals surface area contributed by atoms with Crippen LogP contribution in [-0.4, -0.2) is 64.7 Å². The maximum atomic E-state index is 12.0. The van der Waals surface area contributed by atoms with Crippen molar-refractivity contribution in [2.24, 2.45) is 5.41 Å². The number of aliphatic hydroxyl groups is 1. The fraction of sp³-hybridized carbons (Fsp3) is 0.846. The number of rotatable bonds is 3. The molecule has 2 N–H and O–H groups in total.